The van der Waals surface area contributed by atoms with Crippen molar-refractivity contribution in [1.29, 1.82) is 0 Å². The lowest BCUT2D eigenvalue weighted by Gasteiger charge is -2.37. The zero-order valence-electron chi connectivity index (χ0n) is 8.66. The van der Waals surface area contributed by atoms with Crippen molar-refractivity contribution in [2.75, 3.05) is 13.1 Å². The van der Waals surface area contributed by atoms with Crippen LogP contribution in [-0.4, -0.2) is 35.1 Å². The third-order valence-electron chi connectivity index (χ3n) is 2.98. The summed E-state index contributed by atoms with van der Waals surface area (Å²) in [7, 11) is 0. The van der Waals surface area contributed by atoms with Gasteiger partial charge in [-0.05, 0) is 32.7 Å². The molecule has 1 N–H and O–H groups in total. The Bertz CT molecular complexity index is 191. The minimum absolute atomic E-state index is 0.130. The number of carboxylic acid groups (broad SMARTS) is 1. The average molecular weight is 185 g/mol. The maximum atomic E-state index is 10.8. The van der Waals surface area contributed by atoms with E-state index in [4.69, 9.17) is 5.11 Å². The van der Waals surface area contributed by atoms with Crippen LogP contribution in [0.15, 0.2) is 0 Å². The highest BCUT2D eigenvalue weighted by Crippen LogP contribution is 2.24. The van der Waals surface area contributed by atoms with Gasteiger partial charge in [-0.2, -0.15) is 0 Å². The first-order valence-corrected chi connectivity index (χ1v) is 4.99. The number of carbonyl (C=O) groups is 1. The number of hydrogen-bond donors (Lipinski definition) is 1. The van der Waals surface area contributed by atoms with Gasteiger partial charge in [-0.3, -0.25) is 4.79 Å². The van der Waals surface area contributed by atoms with Crippen LogP contribution in [0.2, 0.25) is 0 Å². The predicted molar refractivity (Wildman–Crippen MR) is 51.6 cm³/mol. The van der Waals surface area contributed by atoms with Crippen LogP contribution in [0, 0.1) is 11.8 Å². The summed E-state index contributed by atoms with van der Waals surface area (Å²) in [5.41, 5.74) is 0. The van der Waals surface area contributed by atoms with Crippen molar-refractivity contribution in [3.05, 3.63) is 0 Å². The lowest BCUT2D eigenvalue weighted by molar-refractivity contribution is -0.145. The Kier molecular flexibility index (Phi) is 3.31. The number of carboxylic acids is 1. The average Bonchev–Trinajstić information content (AvgIpc) is 2.03. The molecular weight excluding hydrogens is 166 g/mol. The molecule has 1 heterocycles. The van der Waals surface area contributed by atoms with Crippen LogP contribution in [-0.2, 0) is 4.79 Å². The van der Waals surface area contributed by atoms with Gasteiger partial charge in [-0.1, -0.05) is 6.92 Å². The fourth-order valence-electron chi connectivity index (χ4n) is 2.01. The summed E-state index contributed by atoms with van der Waals surface area (Å²) in [6, 6.07) is 0.539. The molecule has 2 atom stereocenters. The molecule has 1 fully saturated rings. The predicted octanol–water partition coefficient (Wildman–Crippen LogP) is 1.44. The Labute approximate surface area is 79.7 Å². The van der Waals surface area contributed by atoms with E-state index in [0.29, 0.717) is 6.04 Å². The monoisotopic (exact) mass is 185 g/mol. The van der Waals surface area contributed by atoms with Gasteiger partial charge in [-0.25, -0.2) is 0 Å². The highest BCUT2D eigenvalue weighted by Gasteiger charge is 2.31. The van der Waals surface area contributed by atoms with Gasteiger partial charge in [0.1, 0.15) is 0 Å². The molecule has 13 heavy (non-hydrogen) atoms. The van der Waals surface area contributed by atoms with E-state index >= 15 is 0 Å². The van der Waals surface area contributed by atoms with Gasteiger partial charge < -0.3 is 10.0 Å². The van der Waals surface area contributed by atoms with E-state index < -0.39 is 5.97 Å². The first kappa shape index (κ1) is 10.5. The molecule has 0 amide bonds. The fraction of sp³-hybridized carbons (Fsp3) is 0.900. The molecule has 1 rings (SSSR count). The van der Waals surface area contributed by atoms with Crippen LogP contribution >= 0.6 is 0 Å². The molecule has 0 aromatic rings. The quantitative estimate of drug-likeness (QED) is 0.707. The molecule has 0 radical (unpaired) electrons. The van der Waals surface area contributed by atoms with Gasteiger partial charge in [0.05, 0.1) is 5.92 Å². The van der Waals surface area contributed by atoms with E-state index in [1.54, 1.807) is 0 Å². The van der Waals surface area contributed by atoms with Crippen LogP contribution in [0.1, 0.15) is 27.2 Å². The largest absolute Gasteiger partial charge is 0.481 e. The topological polar surface area (TPSA) is 40.5 Å². The Morgan fingerprint density at radius 1 is 1.54 bits per heavy atom. The van der Waals surface area contributed by atoms with Crippen molar-refractivity contribution in [3.8, 4) is 0 Å². The van der Waals surface area contributed by atoms with Crippen LogP contribution in [0.3, 0.4) is 0 Å². The minimum Gasteiger partial charge on any atom is -0.481 e. The molecule has 0 aromatic heterocycles. The number of aliphatic carboxylic acids is 1. The maximum absolute atomic E-state index is 10.8. The molecule has 3 nitrogen and oxygen atoms in total. The molecule has 0 bridgehead atoms. The number of likely N-dealkylation sites (tertiary alicyclic amines) is 1. The number of piperidine rings is 1. The Hall–Kier alpha value is -0.570. The zero-order valence-corrected chi connectivity index (χ0v) is 8.66. The van der Waals surface area contributed by atoms with Crippen LogP contribution in [0.5, 0.6) is 0 Å². The summed E-state index contributed by atoms with van der Waals surface area (Å²) < 4.78 is 0. The van der Waals surface area contributed by atoms with Crippen molar-refractivity contribution in [3.63, 3.8) is 0 Å². The standard InChI is InChI=1S/C10H19NO2/c1-7(2)11-5-4-9(10(12)13)8(3)6-11/h7-9H,4-6H2,1-3H3,(H,12,13). The summed E-state index contributed by atoms with van der Waals surface area (Å²) in [6.45, 7) is 8.21. The van der Waals surface area contributed by atoms with Crippen molar-refractivity contribution in [2.24, 2.45) is 11.8 Å². The van der Waals surface area contributed by atoms with Crippen molar-refractivity contribution in [2.45, 2.75) is 33.2 Å². The Morgan fingerprint density at radius 2 is 2.15 bits per heavy atom. The van der Waals surface area contributed by atoms with E-state index in [9.17, 15) is 4.79 Å². The summed E-state index contributed by atoms with van der Waals surface area (Å²) in [5.74, 6) is -0.473. The molecule has 3 heteroatoms. The van der Waals surface area contributed by atoms with Gasteiger partial charge in [0, 0.05) is 12.6 Å². The lowest BCUT2D eigenvalue weighted by Crippen LogP contribution is -2.45. The number of hydrogen-bond acceptors (Lipinski definition) is 2. The number of nitrogens with zero attached hydrogens (tertiary/aromatic N) is 1. The highest BCUT2D eigenvalue weighted by molar-refractivity contribution is 5.70. The van der Waals surface area contributed by atoms with Crippen LogP contribution in [0.4, 0.5) is 0 Å². The third-order valence-corrected chi connectivity index (χ3v) is 2.98. The SMILES string of the molecule is CC1CN(C(C)C)CCC1C(=O)O. The molecular formula is C10H19NO2. The smallest absolute Gasteiger partial charge is 0.306 e. The molecule has 0 spiro atoms. The normalized spacial score (nSPS) is 30.8. The molecule has 0 aromatic carbocycles. The van der Waals surface area contributed by atoms with Crippen molar-refractivity contribution >= 4 is 5.97 Å². The van der Waals surface area contributed by atoms with E-state index in [-0.39, 0.29) is 11.8 Å². The van der Waals surface area contributed by atoms with Gasteiger partial charge in [0.2, 0.25) is 0 Å². The summed E-state index contributed by atoms with van der Waals surface area (Å²) in [6.07, 6.45) is 0.800. The van der Waals surface area contributed by atoms with E-state index in [2.05, 4.69) is 18.7 Å². The highest BCUT2D eigenvalue weighted by atomic mass is 16.4. The fourth-order valence-corrected chi connectivity index (χ4v) is 2.01. The Balaban J connectivity index is 2.51. The van der Waals surface area contributed by atoms with E-state index in [1.165, 1.54) is 0 Å². The summed E-state index contributed by atoms with van der Waals surface area (Å²) >= 11 is 0. The molecule has 1 aliphatic heterocycles. The van der Waals surface area contributed by atoms with Gasteiger partial charge >= 0.3 is 5.97 Å². The van der Waals surface area contributed by atoms with Gasteiger partial charge in [0.25, 0.3) is 0 Å². The van der Waals surface area contributed by atoms with E-state index in [0.717, 1.165) is 19.5 Å². The summed E-state index contributed by atoms with van der Waals surface area (Å²) in [4.78, 5) is 13.2. The lowest BCUT2D eigenvalue weighted by atomic mass is 9.86. The minimum atomic E-state index is -0.629. The summed E-state index contributed by atoms with van der Waals surface area (Å²) in [5, 5.41) is 8.92. The molecule has 76 valence electrons. The van der Waals surface area contributed by atoms with Gasteiger partial charge in [0.15, 0.2) is 0 Å². The molecule has 1 aliphatic rings. The van der Waals surface area contributed by atoms with Crippen molar-refractivity contribution < 1.29 is 9.90 Å². The van der Waals surface area contributed by atoms with Crippen LogP contribution < -0.4 is 0 Å². The van der Waals surface area contributed by atoms with E-state index in [1.807, 2.05) is 6.92 Å². The molecule has 2 unspecified atom stereocenters. The first-order chi connectivity index (χ1) is 6.02. The second-order valence-corrected chi connectivity index (χ2v) is 4.30. The second-order valence-electron chi connectivity index (χ2n) is 4.30. The van der Waals surface area contributed by atoms with Gasteiger partial charge in [-0.15, -0.1) is 0 Å². The third kappa shape index (κ3) is 2.44. The maximum Gasteiger partial charge on any atom is 0.306 e. The molecule has 1 saturated heterocycles. The number of rotatable bonds is 2. The molecule has 0 saturated carbocycles. The second kappa shape index (κ2) is 4.09. The van der Waals surface area contributed by atoms with Crippen molar-refractivity contribution in [1.82, 2.24) is 4.90 Å². The first-order valence-electron chi connectivity index (χ1n) is 4.99. The molecule has 0 aliphatic carbocycles. The zero-order chi connectivity index (χ0) is 10.0. The van der Waals surface area contributed by atoms with Crippen LogP contribution in [0.25, 0.3) is 0 Å². The Morgan fingerprint density at radius 3 is 2.54 bits per heavy atom.